The number of rotatable bonds is 2. The molecule has 1 saturated heterocycles. The third kappa shape index (κ3) is 2.24. The minimum absolute atomic E-state index is 0.0927. The molecule has 1 spiro atoms. The Labute approximate surface area is 136 Å². The fourth-order valence-corrected chi connectivity index (χ4v) is 4.43. The van der Waals surface area contributed by atoms with Gasteiger partial charge in [-0.15, -0.1) is 11.8 Å². The van der Waals surface area contributed by atoms with Crippen LogP contribution in [0.5, 0.6) is 0 Å². The smallest absolute Gasteiger partial charge is 0.262 e. The van der Waals surface area contributed by atoms with Crippen LogP contribution >= 0.6 is 11.8 Å². The van der Waals surface area contributed by atoms with Crippen molar-refractivity contribution < 1.29 is 13.6 Å². The van der Waals surface area contributed by atoms with E-state index in [0.29, 0.717) is 24.3 Å². The molecule has 1 unspecified atom stereocenters. The van der Waals surface area contributed by atoms with E-state index in [0.717, 1.165) is 11.3 Å². The summed E-state index contributed by atoms with van der Waals surface area (Å²) in [6.07, 6.45) is 0. The van der Waals surface area contributed by atoms with Crippen molar-refractivity contribution in [1.82, 2.24) is 5.32 Å². The molecule has 1 fully saturated rings. The summed E-state index contributed by atoms with van der Waals surface area (Å²) >= 11 is 1.50. The van der Waals surface area contributed by atoms with Crippen LogP contribution < -0.4 is 10.2 Å². The molecule has 2 aliphatic heterocycles. The van der Waals surface area contributed by atoms with Crippen LogP contribution in [0.4, 0.5) is 14.5 Å². The van der Waals surface area contributed by atoms with Gasteiger partial charge in [-0.1, -0.05) is 12.1 Å². The SMILES string of the molecule is O=C1N(Cc2ccc(F)cc2)c2ccc(F)cc2C12NCCS2. The molecule has 118 valence electrons. The maximum Gasteiger partial charge on any atom is 0.262 e. The third-order valence-electron chi connectivity index (χ3n) is 4.22. The average molecular weight is 332 g/mol. The summed E-state index contributed by atoms with van der Waals surface area (Å²) < 4.78 is 26.8. The molecule has 23 heavy (non-hydrogen) atoms. The molecule has 0 radical (unpaired) electrons. The summed E-state index contributed by atoms with van der Waals surface area (Å²) in [4.78, 5) is 13.8. The lowest BCUT2D eigenvalue weighted by atomic mass is 10.1. The molecule has 1 N–H and O–H groups in total. The van der Waals surface area contributed by atoms with Gasteiger partial charge in [-0.3, -0.25) is 10.1 Å². The van der Waals surface area contributed by atoms with Crippen molar-refractivity contribution in [2.75, 3.05) is 17.2 Å². The lowest BCUT2D eigenvalue weighted by Crippen LogP contribution is -2.44. The zero-order valence-corrected chi connectivity index (χ0v) is 13.0. The van der Waals surface area contributed by atoms with E-state index in [1.165, 1.54) is 36.0 Å². The van der Waals surface area contributed by atoms with Gasteiger partial charge in [-0.25, -0.2) is 8.78 Å². The summed E-state index contributed by atoms with van der Waals surface area (Å²) in [5.74, 6) is 0.0405. The number of halogens is 2. The van der Waals surface area contributed by atoms with Crippen LogP contribution in [0.3, 0.4) is 0 Å². The van der Waals surface area contributed by atoms with Gasteiger partial charge < -0.3 is 4.90 Å². The molecule has 2 aromatic rings. The zero-order chi connectivity index (χ0) is 16.0. The predicted octanol–water partition coefficient (Wildman–Crippen LogP) is 3.00. The Balaban J connectivity index is 1.76. The van der Waals surface area contributed by atoms with Gasteiger partial charge in [0.2, 0.25) is 0 Å². The van der Waals surface area contributed by atoms with Gasteiger partial charge in [-0.05, 0) is 35.9 Å². The summed E-state index contributed by atoms with van der Waals surface area (Å²) in [5, 5.41) is 3.24. The van der Waals surface area contributed by atoms with E-state index in [-0.39, 0.29) is 17.5 Å². The standard InChI is InChI=1S/C17H14F2N2OS/c18-12-3-1-11(2-4-12)10-21-15-6-5-13(19)9-14(15)17(16(21)22)20-7-8-23-17/h1-6,9,20H,7-8,10H2. The van der Waals surface area contributed by atoms with Crippen molar-refractivity contribution in [3.8, 4) is 0 Å². The van der Waals surface area contributed by atoms with Crippen LogP contribution in [0.25, 0.3) is 0 Å². The topological polar surface area (TPSA) is 32.3 Å². The quantitative estimate of drug-likeness (QED) is 0.918. The van der Waals surface area contributed by atoms with E-state index in [2.05, 4.69) is 5.32 Å². The van der Waals surface area contributed by atoms with Gasteiger partial charge in [0.25, 0.3) is 5.91 Å². The number of nitrogens with zero attached hydrogens (tertiary/aromatic N) is 1. The fourth-order valence-electron chi connectivity index (χ4n) is 3.16. The monoisotopic (exact) mass is 332 g/mol. The number of carbonyl (C=O) groups excluding carboxylic acids is 1. The van der Waals surface area contributed by atoms with E-state index in [1.807, 2.05) is 0 Å². The first-order chi connectivity index (χ1) is 11.1. The van der Waals surface area contributed by atoms with Crippen LogP contribution in [-0.4, -0.2) is 18.2 Å². The van der Waals surface area contributed by atoms with Gasteiger partial charge in [-0.2, -0.15) is 0 Å². The van der Waals surface area contributed by atoms with Crippen LogP contribution in [0.15, 0.2) is 42.5 Å². The highest BCUT2D eigenvalue weighted by molar-refractivity contribution is 8.01. The van der Waals surface area contributed by atoms with E-state index < -0.39 is 4.87 Å². The van der Waals surface area contributed by atoms with Crippen molar-refractivity contribution in [1.29, 1.82) is 0 Å². The number of hydrogen-bond acceptors (Lipinski definition) is 3. The molecular formula is C17H14F2N2OS. The molecule has 1 amide bonds. The lowest BCUT2D eigenvalue weighted by Gasteiger charge is -2.23. The minimum Gasteiger partial charge on any atom is -0.305 e. The van der Waals surface area contributed by atoms with Crippen LogP contribution in [0.2, 0.25) is 0 Å². The Morgan fingerprint density at radius 1 is 1.13 bits per heavy atom. The van der Waals surface area contributed by atoms with Gasteiger partial charge in [0.05, 0.1) is 12.2 Å². The largest absolute Gasteiger partial charge is 0.305 e. The lowest BCUT2D eigenvalue weighted by molar-refractivity contribution is -0.121. The maximum absolute atomic E-state index is 13.7. The minimum atomic E-state index is -0.891. The van der Waals surface area contributed by atoms with E-state index in [4.69, 9.17) is 0 Å². The molecule has 2 aromatic carbocycles. The summed E-state index contributed by atoms with van der Waals surface area (Å²) in [5.41, 5.74) is 2.21. The second kappa shape index (κ2) is 5.32. The number of anilines is 1. The average Bonchev–Trinajstić information content (AvgIpc) is 3.11. The van der Waals surface area contributed by atoms with Crippen molar-refractivity contribution in [3.05, 3.63) is 65.2 Å². The van der Waals surface area contributed by atoms with Crippen molar-refractivity contribution in [2.24, 2.45) is 0 Å². The predicted molar refractivity (Wildman–Crippen MR) is 86.1 cm³/mol. The molecule has 3 nitrogen and oxygen atoms in total. The number of carbonyl (C=O) groups is 1. The number of benzene rings is 2. The Kier molecular flexibility index (Phi) is 3.39. The van der Waals surface area contributed by atoms with Crippen molar-refractivity contribution in [3.63, 3.8) is 0 Å². The molecular weight excluding hydrogens is 318 g/mol. The second-order valence-electron chi connectivity index (χ2n) is 5.64. The first kappa shape index (κ1) is 14.7. The first-order valence-corrected chi connectivity index (χ1v) is 8.34. The number of nitrogens with one attached hydrogen (secondary N) is 1. The molecule has 2 aliphatic rings. The normalized spacial score (nSPS) is 22.9. The Morgan fingerprint density at radius 2 is 1.87 bits per heavy atom. The summed E-state index contributed by atoms with van der Waals surface area (Å²) in [6.45, 7) is 1.04. The van der Waals surface area contributed by atoms with Crippen LogP contribution in [0.1, 0.15) is 11.1 Å². The zero-order valence-electron chi connectivity index (χ0n) is 12.2. The number of hydrogen-bond donors (Lipinski definition) is 1. The third-order valence-corrected chi connectivity index (χ3v) is 5.60. The highest BCUT2D eigenvalue weighted by atomic mass is 32.2. The number of thioether (sulfide) groups is 1. The summed E-state index contributed by atoms with van der Waals surface area (Å²) in [6, 6.07) is 10.5. The fraction of sp³-hybridized carbons (Fsp3) is 0.235. The van der Waals surface area contributed by atoms with Gasteiger partial charge in [0.15, 0.2) is 4.87 Å². The van der Waals surface area contributed by atoms with Crippen LogP contribution in [0, 0.1) is 11.6 Å². The van der Waals surface area contributed by atoms with Gasteiger partial charge >= 0.3 is 0 Å². The van der Waals surface area contributed by atoms with Crippen molar-refractivity contribution in [2.45, 2.75) is 11.4 Å². The van der Waals surface area contributed by atoms with E-state index in [9.17, 15) is 13.6 Å². The molecule has 0 bridgehead atoms. The molecule has 0 aliphatic carbocycles. The molecule has 0 aromatic heterocycles. The summed E-state index contributed by atoms with van der Waals surface area (Å²) in [7, 11) is 0. The van der Waals surface area contributed by atoms with Crippen LogP contribution in [-0.2, 0) is 16.2 Å². The van der Waals surface area contributed by atoms with Crippen molar-refractivity contribution >= 4 is 23.4 Å². The first-order valence-electron chi connectivity index (χ1n) is 7.35. The Bertz CT molecular complexity index is 773. The highest BCUT2D eigenvalue weighted by Gasteiger charge is 2.53. The van der Waals surface area contributed by atoms with Gasteiger partial charge in [0.1, 0.15) is 11.6 Å². The second-order valence-corrected chi connectivity index (χ2v) is 6.94. The number of amides is 1. The molecule has 4 rings (SSSR count). The van der Waals surface area contributed by atoms with E-state index in [1.54, 1.807) is 23.1 Å². The van der Waals surface area contributed by atoms with Gasteiger partial charge in [0, 0.05) is 17.9 Å². The number of fused-ring (bicyclic) bond motifs is 2. The molecule has 2 heterocycles. The van der Waals surface area contributed by atoms with E-state index >= 15 is 0 Å². The molecule has 1 atom stereocenters. The highest BCUT2D eigenvalue weighted by Crippen LogP contribution is 2.49. The Hall–Kier alpha value is -1.92. The maximum atomic E-state index is 13.7. The molecule has 0 saturated carbocycles. The Morgan fingerprint density at radius 3 is 2.57 bits per heavy atom. The molecule has 6 heteroatoms.